The summed E-state index contributed by atoms with van der Waals surface area (Å²) in [4.78, 5) is 22.9. The minimum absolute atomic E-state index is 0.0944. The summed E-state index contributed by atoms with van der Waals surface area (Å²) >= 11 is 0. The molecule has 0 aliphatic heterocycles. The molecule has 5 nitrogen and oxygen atoms in total. The maximum atomic E-state index is 11.8. The maximum absolute atomic E-state index is 11.8. The van der Waals surface area contributed by atoms with Gasteiger partial charge in [0.15, 0.2) is 6.61 Å². The highest BCUT2D eigenvalue weighted by atomic mass is 16.5. The molecule has 0 saturated heterocycles. The van der Waals surface area contributed by atoms with Gasteiger partial charge < -0.3 is 15.2 Å². The lowest BCUT2D eigenvalue weighted by Crippen LogP contribution is -2.48. The van der Waals surface area contributed by atoms with Crippen LogP contribution in [0.3, 0.4) is 0 Å². The number of ether oxygens (including phenoxy) is 1. The van der Waals surface area contributed by atoms with Crippen molar-refractivity contribution in [2.24, 2.45) is 5.41 Å². The molecule has 0 unspecified atom stereocenters. The van der Waals surface area contributed by atoms with Crippen molar-refractivity contribution in [3.05, 3.63) is 29.8 Å². The Kier molecular flexibility index (Phi) is 4.83. The third-order valence-electron chi connectivity index (χ3n) is 4.06. The number of amides is 1. The number of carboxylic acids is 1. The monoisotopic (exact) mass is 291 g/mol. The Morgan fingerprint density at radius 1 is 1.38 bits per heavy atom. The molecular formula is C16H21NO4. The standard InChI is InChI=1S/C16H21NO4/c1-2-12-5-3-6-13(9-12)21-10-14(18)17-11-16(15(19)20)7-4-8-16/h3,5-6,9H,2,4,7-8,10-11H2,1H3,(H,17,18)(H,19,20). The normalized spacial score (nSPS) is 15.9. The number of carbonyl (C=O) groups excluding carboxylic acids is 1. The lowest BCUT2D eigenvalue weighted by Gasteiger charge is -2.37. The van der Waals surface area contributed by atoms with Gasteiger partial charge in [0.2, 0.25) is 0 Å². The second-order valence-electron chi connectivity index (χ2n) is 5.51. The van der Waals surface area contributed by atoms with Crippen LogP contribution in [0.2, 0.25) is 0 Å². The van der Waals surface area contributed by atoms with Crippen LogP contribution < -0.4 is 10.1 Å². The Hall–Kier alpha value is -2.04. The first-order valence-corrected chi connectivity index (χ1v) is 7.27. The maximum Gasteiger partial charge on any atom is 0.311 e. The average Bonchev–Trinajstić information content (AvgIpc) is 2.44. The van der Waals surface area contributed by atoms with E-state index in [1.165, 1.54) is 0 Å². The second kappa shape index (κ2) is 6.61. The zero-order valence-corrected chi connectivity index (χ0v) is 12.2. The number of nitrogens with one attached hydrogen (secondary N) is 1. The molecule has 1 fully saturated rings. The Morgan fingerprint density at radius 2 is 2.14 bits per heavy atom. The zero-order valence-electron chi connectivity index (χ0n) is 12.2. The van der Waals surface area contributed by atoms with Crippen LogP contribution in [0, 0.1) is 5.41 Å². The largest absolute Gasteiger partial charge is 0.484 e. The number of hydrogen-bond acceptors (Lipinski definition) is 3. The highest BCUT2D eigenvalue weighted by Gasteiger charge is 2.44. The van der Waals surface area contributed by atoms with Crippen LogP contribution in [0.25, 0.3) is 0 Å². The van der Waals surface area contributed by atoms with Crippen LogP contribution in [0.4, 0.5) is 0 Å². The van der Waals surface area contributed by atoms with Gasteiger partial charge in [0.25, 0.3) is 5.91 Å². The van der Waals surface area contributed by atoms with Crippen LogP contribution in [0.1, 0.15) is 31.7 Å². The highest BCUT2D eigenvalue weighted by Crippen LogP contribution is 2.40. The second-order valence-corrected chi connectivity index (χ2v) is 5.51. The predicted octanol–water partition coefficient (Wildman–Crippen LogP) is 2.00. The molecule has 1 aliphatic carbocycles. The highest BCUT2D eigenvalue weighted by molar-refractivity contribution is 5.80. The van der Waals surface area contributed by atoms with Gasteiger partial charge in [0, 0.05) is 6.54 Å². The van der Waals surface area contributed by atoms with E-state index in [0.717, 1.165) is 18.4 Å². The van der Waals surface area contributed by atoms with Gasteiger partial charge >= 0.3 is 5.97 Å². The van der Waals surface area contributed by atoms with E-state index in [0.29, 0.717) is 18.6 Å². The van der Waals surface area contributed by atoms with Gasteiger partial charge in [-0.1, -0.05) is 25.5 Å². The van der Waals surface area contributed by atoms with E-state index in [1.807, 2.05) is 18.2 Å². The molecule has 1 aromatic rings. The third kappa shape index (κ3) is 3.74. The van der Waals surface area contributed by atoms with E-state index in [2.05, 4.69) is 12.2 Å². The van der Waals surface area contributed by atoms with Gasteiger partial charge in [-0.15, -0.1) is 0 Å². The van der Waals surface area contributed by atoms with Gasteiger partial charge in [0.05, 0.1) is 5.41 Å². The van der Waals surface area contributed by atoms with E-state index >= 15 is 0 Å². The topological polar surface area (TPSA) is 75.6 Å². The Balaban J connectivity index is 1.78. The SMILES string of the molecule is CCc1cccc(OCC(=O)NCC2(C(=O)O)CCC2)c1. The summed E-state index contributed by atoms with van der Waals surface area (Å²) < 4.78 is 5.43. The van der Waals surface area contributed by atoms with E-state index < -0.39 is 11.4 Å². The van der Waals surface area contributed by atoms with Crippen LogP contribution in [0.15, 0.2) is 24.3 Å². The van der Waals surface area contributed by atoms with E-state index in [-0.39, 0.29) is 19.1 Å². The first kappa shape index (κ1) is 15.4. The molecule has 21 heavy (non-hydrogen) atoms. The quantitative estimate of drug-likeness (QED) is 0.805. The van der Waals surface area contributed by atoms with Gasteiger partial charge in [0.1, 0.15) is 5.75 Å². The molecule has 1 amide bonds. The van der Waals surface area contributed by atoms with Crippen molar-refractivity contribution in [2.75, 3.05) is 13.2 Å². The lowest BCUT2D eigenvalue weighted by atomic mass is 9.69. The molecule has 1 aliphatic rings. The van der Waals surface area contributed by atoms with Crippen molar-refractivity contribution in [1.82, 2.24) is 5.32 Å². The molecule has 0 heterocycles. The fourth-order valence-electron chi connectivity index (χ4n) is 2.39. The minimum atomic E-state index is -0.828. The Bertz CT molecular complexity index is 523. The summed E-state index contributed by atoms with van der Waals surface area (Å²) in [5.41, 5.74) is 0.379. The van der Waals surface area contributed by atoms with Crippen LogP contribution in [-0.2, 0) is 16.0 Å². The van der Waals surface area contributed by atoms with Gasteiger partial charge in [-0.25, -0.2) is 0 Å². The summed E-state index contributed by atoms with van der Waals surface area (Å²) in [7, 11) is 0. The average molecular weight is 291 g/mol. The smallest absolute Gasteiger partial charge is 0.311 e. The number of carbonyl (C=O) groups is 2. The van der Waals surface area contributed by atoms with E-state index in [1.54, 1.807) is 6.07 Å². The van der Waals surface area contributed by atoms with Crippen molar-refractivity contribution < 1.29 is 19.4 Å². The van der Waals surface area contributed by atoms with Gasteiger partial charge in [-0.3, -0.25) is 9.59 Å². The molecule has 0 bridgehead atoms. The summed E-state index contributed by atoms with van der Waals surface area (Å²) in [6.07, 6.45) is 3.07. The summed E-state index contributed by atoms with van der Waals surface area (Å²) in [5.74, 6) is -0.462. The molecule has 1 aromatic carbocycles. The van der Waals surface area contributed by atoms with Crippen molar-refractivity contribution in [2.45, 2.75) is 32.6 Å². The van der Waals surface area contributed by atoms with Crippen molar-refractivity contribution in [3.63, 3.8) is 0 Å². The molecule has 0 atom stereocenters. The number of aliphatic carboxylic acids is 1. The minimum Gasteiger partial charge on any atom is -0.484 e. The first-order chi connectivity index (χ1) is 10.1. The Labute approximate surface area is 124 Å². The number of aryl methyl sites for hydroxylation is 1. The van der Waals surface area contributed by atoms with Gasteiger partial charge in [-0.2, -0.15) is 0 Å². The number of carboxylic acid groups (broad SMARTS) is 1. The van der Waals surface area contributed by atoms with Crippen molar-refractivity contribution in [3.8, 4) is 5.75 Å². The number of benzene rings is 1. The molecule has 5 heteroatoms. The fourth-order valence-corrected chi connectivity index (χ4v) is 2.39. The molecule has 0 aromatic heterocycles. The molecule has 114 valence electrons. The van der Waals surface area contributed by atoms with Crippen molar-refractivity contribution in [1.29, 1.82) is 0 Å². The first-order valence-electron chi connectivity index (χ1n) is 7.27. The zero-order chi connectivity index (χ0) is 15.3. The summed E-state index contributed by atoms with van der Waals surface area (Å²) in [6.45, 7) is 2.14. The van der Waals surface area contributed by atoms with Crippen LogP contribution >= 0.6 is 0 Å². The summed E-state index contributed by atoms with van der Waals surface area (Å²) in [6, 6.07) is 7.59. The predicted molar refractivity (Wildman–Crippen MR) is 78.2 cm³/mol. The van der Waals surface area contributed by atoms with E-state index in [4.69, 9.17) is 4.74 Å². The van der Waals surface area contributed by atoms with Crippen molar-refractivity contribution >= 4 is 11.9 Å². The lowest BCUT2D eigenvalue weighted by molar-refractivity contribution is -0.154. The van der Waals surface area contributed by atoms with E-state index in [9.17, 15) is 14.7 Å². The number of rotatable bonds is 7. The Morgan fingerprint density at radius 3 is 2.71 bits per heavy atom. The molecular weight excluding hydrogens is 270 g/mol. The molecule has 1 saturated carbocycles. The van der Waals surface area contributed by atoms with Crippen LogP contribution in [-0.4, -0.2) is 30.1 Å². The van der Waals surface area contributed by atoms with Crippen LogP contribution in [0.5, 0.6) is 5.75 Å². The molecule has 2 N–H and O–H groups in total. The third-order valence-corrected chi connectivity index (χ3v) is 4.06. The van der Waals surface area contributed by atoms with Gasteiger partial charge in [-0.05, 0) is 37.0 Å². The molecule has 2 rings (SSSR count). The fraction of sp³-hybridized carbons (Fsp3) is 0.500. The molecule has 0 radical (unpaired) electrons. The summed E-state index contributed by atoms with van der Waals surface area (Å²) in [5, 5.41) is 11.8. The number of hydrogen-bond donors (Lipinski definition) is 2. The molecule has 0 spiro atoms.